The van der Waals surface area contributed by atoms with Gasteiger partial charge < -0.3 is 15.6 Å². The molecule has 1 aromatic heterocycles. The van der Waals surface area contributed by atoms with E-state index in [-0.39, 0.29) is 15.6 Å². The van der Waals surface area contributed by atoms with Gasteiger partial charge in [0.25, 0.3) is 0 Å². The first kappa shape index (κ1) is 28.9. The number of amidine groups is 1. The number of carboxylic acid groups (broad SMARTS) is 1. The van der Waals surface area contributed by atoms with Crippen molar-refractivity contribution in [2.45, 2.75) is 20.2 Å². The van der Waals surface area contributed by atoms with E-state index in [0.717, 1.165) is 6.29 Å². The lowest BCUT2D eigenvalue weighted by molar-refractivity contribution is -0.192. The van der Waals surface area contributed by atoms with E-state index in [0.29, 0.717) is 31.5 Å². The van der Waals surface area contributed by atoms with Crippen molar-refractivity contribution >= 4 is 51.0 Å². The molecule has 4 N–H and O–H groups in total. The Kier molecular flexibility index (Phi) is 9.29. The molecule has 0 fully saturated rings. The molecule has 0 unspecified atom stereocenters. The van der Waals surface area contributed by atoms with Crippen molar-refractivity contribution in [1.29, 1.82) is 5.41 Å². The van der Waals surface area contributed by atoms with Crippen LogP contribution in [0.5, 0.6) is 5.75 Å². The summed E-state index contributed by atoms with van der Waals surface area (Å²) in [5.41, 5.74) is 7.23. The minimum absolute atomic E-state index is 0.108. The van der Waals surface area contributed by atoms with E-state index in [9.17, 15) is 26.4 Å². The number of nitrogen functional groups attached to an aromatic ring is 1. The zero-order valence-corrected chi connectivity index (χ0v) is 21.1. The summed E-state index contributed by atoms with van der Waals surface area (Å²) < 4.78 is 64.3. The molecule has 36 heavy (non-hydrogen) atoms. The standard InChI is InChI=1S/C20H18N2O4S3.C2HF3O2/c1-26-16-7-6-12(11-23)8-15(16)13-4-3-5-14(9-13)29(24,25)18-10-17(19(21)22)28-20(18)27-2;3-2(4,5)1(6)7/h3-11H,1-2H3,(H3,21,22);(H,6,7). The molecule has 0 radical (unpaired) electrons. The predicted molar refractivity (Wildman–Crippen MR) is 130 cm³/mol. The van der Waals surface area contributed by atoms with Crippen LogP contribution in [0.3, 0.4) is 0 Å². The number of nitrogens with one attached hydrogen (secondary N) is 1. The first-order valence-corrected chi connectivity index (χ1v) is 13.1. The first-order chi connectivity index (χ1) is 16.8. The highest BCUT2D eigenvalue weighted by Gasteiger charge is 2.38. The molecule has 2 aromatic carbocycles. The summed E-state index contributed by atoms with van der Waals surface area (Å²) >= 11 is 2.47. The van der Waals surface area contributed by atoms with Crippen LogP contribution in [0, 0.1) is 5.41 Å². The van der Waals surface area contributed by atoms with E-state index in [2.05, 4.69) is 0 Å². The molecule has 3 rings (SSSR count). The SMILES string of the molecule is COc1ccc(C=O)cc1-c1cccc(S(=O)(=O)c2cc(C(=N)N)sc2SC)c1.O=C(O)C(F)(F)F. The molecular weight excluding hydrogens is 541 g/mol. The molecule has 0 aliphatic rings. The number of aldehydes is 1. The Morgan fingerprint density at radius 2 is 1.83 bits per heavy atom. The normalized spacial score (nSPS) is 11.2. The number of benzene rings is 2. The number of methoxy groups -OCH3 is 1. The van der Waals surface area contributed by atoms with Crippen LogP contribution in [0.15, 0.2) is 62.5 Å². The maximum absolute atomic E-state index is 13.3. The van der Waals surface area contributed by atoms with Gasteiger partial charge in [-0.1, -0.05) is 12.1 Å². The molecule has 3 aromatic rings. The summed E-state index contributed by atoms with van der Waals surface area (Å²) in [7, 11) is -2.32. The second-order valence-corrected chi connectivity index (χ2v) is 10.8. The fourth-order valence-electron chi connectivity index (χ4n) is 2.80. The number of rotatable bonds is 7. The van der Waals surface area contributed by atoms with Crippen molar-refractivity contribution in [1.82, 2.24) is 0 Å². The number of sulfone groups is 1. The third kappa shape index (κ3) is 6.65. The molecule has 0 aliphatic heterocycles. The second kappa shape index (κ2) is 11.6. The van der Waals surface area contributed by atoms with Crippen molar-refractivity contribution in [3.8, 4) is 16.9 Å². The lowest BCUT2D eigenvalue weighted by atomic mass is 10.0. The monoisotopic (exact) mass is 560 g/mol. The van der Waals surface area contributed by atoms with Gasteiger partial charge in [-0.25, -0.2) is 13.2 Å². The number of carboxylic acids is 1. The predicted octanol–water partition coefficient (Wildman–Crippen LogP) is 4.71. The maximum atomic E-state index is 13.3. The smallest absolute Gasteiger partial charge is 0.490 e. The van der Waals surface area contributed by atoms with Gasteiger partial charge in [-0.2, -0.15) is 13.2 Å². The van der Waals surface area contributed by atoms with Crippen molar-refractivity contribution in [3.05, 3.63) is 59.0 Å². The quantitative estimate of drug-likeness (QED) is 0.163. The molecule has 0 spiro atoms. The lowest BCUT2D eigenvalue weighted by Gasteiger charge is -2.11. The van der Waals surface area contributed by atoms with E-state index in [1.54, 1.807) is 42.7 Å². The molecule has 14 heteroatoms. The number of nitrogens with two attached hydrogens (primary N) is 1. The summed E-state index contributed by atoms with van der Waals surface area (Å²) in [6.07, 6.45) is -2.58. The van der Waals surface area contributed by atoms with Crippen molar-refractivity contribution < 1.29 is 41.0 Å². The van der Waals surface area contributed by atoms with Crippen LogP contribution in [-0.4, -0.2) is 51.2 Å². The molecule has 0 aliphatic carbocycles. The number of thioether (sulfide) groups is 1. The Hall–Kier alpha value is -3.36. The number of carbonyl (C=O) groups is 2. The Bertz CT molecular complexity index is 1400. The van der Waals surface area contributed by atoms with Crippen LogP contribution in [0.4, 0.5) is 13.2 Å². The second-order valence-electron chi connectivity index (χ2n) is 6.79. The van der Waals surface area contributed by atoms with Crippen LogP contribution < -0.4 is 10.5 Å². The van der Waals surface area contributed by atoms with Gasteiger partial charge in [0.05, 0.1) is 26.0 Å². The topological polar surface area (TPSA) is 148 Å². The number of carbonyl (C=O) groups excluding carboxylic acids is 1. The van der Waals surface area contributed by atoms with Gasteiger partial charge in [-0.05, 0) is 48.2 Å². The molecule has 0 saturated carbocycles. The molecule has 192 valence electrons. The number of hydrogen-bond acceptors (Lipinski definition) is 8. The number of hydrogen-bond donors (Lipinski definition) is 3. The molecule has 0 amide bonds. The fourth-order valence-corrected chi connectivity index (χ4v) is 6.70. The number of alkyl halides is 3. The summed E-state index contributed by atoms with van der Waals surface area (Å²) in [4.78, 5) is 20.7. The Morgan fingerprint density at radius 1 is 1.19 bits per heavy atom. The van der Waals surface area contributed by atoms with E-state index in [1.165, 1.54) is 42.3 Å². The molecular formula is C22H19F3N2O6S3. The minimum atomic E-state index is -5.08. The van der Waals surface area contributed by atoms with Gasteiger partial charge in [0.2, 0.25) is 9.84 Å². The average Bonchev–Trinajstić information content (AvgIpc) is 3.29. The van der Waals surface area contributed by atoms with Crippen LogP contribution in [0.1, 0.15) is 15.2 Å². The van der Waals surface area contributed by atoms with Gasteiger partial charge in [0.1, 0.15) is 17.9 Å². The van der Waals surface area contributed by atoms with E-state index < -0.39 is 22.0 Å². The van der Waals surface area contributed by atoms with Gasteiger partial charge in [-0.3, -0.25) is 10.2 Å². The van der Waals surface area contributed by atoms with Crippen LogP contribution in [0.2, 0.25) is 0 Å². The zero-order valence-electron chi connectivity index (χ0n) is 18.6. The summed E-state index contributed by atoms with van der Waals surface area (Å²) in [5, 5.41) is 14.7. The molecule has 1 heterocycles. The van der Waals surface area contributed by atoms with Crippen LogP contribution in [-0.2, 0) is 14.6 Å². The summed E-state index contributed by atoms with van der Waals surface area (Å²) in [6, 6.07) is 12.9. The summed E-state index contributed by atoms with van der Waals surface area (Å²) in [6.45, 7) is 0. The van der Waals surface area contributed by atoms with E-state index in [1.807, 2.05) is 0 Å². The van der Waals surface area contributed by atoms with Crippen molar-refractivity contribution in [3.63, 3.8) is 0 Å². The Balaban J connectivity index is 0.000000572. The van der Waals surface area contributed by atoms with Crippen LogP contribution >= 0.6 is 23.1 Å². The highest BCUT2D eigenvalue weighted by Crippen LogP contribution is 2.38. The van der Waals surface area contributed by atoms with Gasteiger partial charge >= 0.3 is 12.1 Å². The summed E-state index contributed by atoms with van der Waals surface area (Å²) in [5.74, 6) is -2.40. The van der Waals surface area contributed by atoms with Crippen LogP contribution in [0.25, 0.3) is 11.1 Å². The first-order valence-electron chi connectivity index (χ1n) is 9.57. The molecule has 0 saturated heterocycles. The molecule has 8 nitrogen and oxygen atoms in total. The lowest BCUT2D eigenvalue weighted by Crippen LogP contribution is -2.21. The highest BCUT2D eigenvalue weighted by molar-refractivity contribution is 8.01. The molecule has 0 atom stereocenters. The Labute approximate surface area is 212 Å². The number of aliphatic carboxylic acids is 1. The largest absolute Gasteiger partial charge is 0.496 e. The van der Waals surface area contributed by atoms with E-state index >= 15 is 0 Å². The number of thiophene rings is 1. The van der Waals surface area contributed by atoms with Gasteiger partial charge in [0, 0.05) is 11.1 Å². The molecule has 0 bridgehead atoms. The highest BCUT2D eigenvalue weighted by atomic mass is 32.2. The number of halogens is 3. The number of ether oxygens (including phenoxy) is 1. The third-order valence-corrected chi connectivity index (χ3v) is 8.80. The Morgan fingerprint density at radius 3 is 2.33 bits per heavy atom. The van der Waals surface area contributed by atoms with Crippen molar-refractivity contribution in [2.75, 3.05) is 13.4 Å². The average molecular weight is 561 g/mol. The minimum Gasteiger partial charge on any atom is -0.496 e. The third-order valence-electron chi connectivity index (χ3n) is 4.46. The van der Waals surface area contributed by atoms with Gasteiger partial charge in [-0.15, -0.1) is 23.1 Å². The van der Waals surface area contributed by atoms with E-state index in [4.69, 9.17) is 25.8 Å². The fraction of sp³-hybridized carbons (Fsp3) is 0.136. The zero-order chi connectivity index (χ0) is 27.3. The van der Waals surface area contributed by atoms with Gasteiger partial charge in [0.15, 0.2) is 0 Å². The maximum Gasteiger partial charge on any atom is 0.490 e. The van der Waals surface area contributed by atoms with Crippen molar-refractivity contribution in [2.24, 2.45) is 5.73 Å².